The zero-order chi connectivity index (χ0) is 10.8. The van der Waals surface area contributed by atoms with Crippen LogP contribution in [0.15, 0.2) is 16.9 Å². The molecular weight excluding hydrogens is 174 g/mol. The zero-order valence-electron chi connectivity index (χ0n) is 9.64. The quantitative estimate of drug-likeness (QED) is 0.675. The highest BCUT2D eigenvalue weighted by Gasteiger charge is 2.12. The molecule has 0 amide bonds. The highest BCUT2D eigenvalue weighted by molar-refractivity contribution is 5.26. The van der Waals surface area contributed by atoms with E-state index >= 15 is 0 Å². The van der Waals surface area contributed by atoms with Gasteiger partial charge in [0, 0.05) is 24.5 Å². The minimum absolute atomic E-state index is 0.637. The Bertz CT molecular complexity index is 169. The van der Waals surface area contributed by atoms with Gasteiger partial charge in [-0.05, 0) is 33.0 Å². The molecule has 0 aromatic rings. The van der Waals surface area contributed by atoms with Crippen molar-refractivity contribution in [2.75, 3.05) is 13.1 Å². The van der Waals surface area contributed by atoms with Gasteiger partial charge in [0.05, 0.1) is 0 Å². The standard InChI is InChI=1S/C9H17N3.C2H6/c1-8(6-10-2)12-7-9-4-3-5-11-9;1-2/h6,9,11-12H,2-5,7H2,1H3;1-2H3/b8-6-;. The molecule has 82 valence electrons. The smallest absolute Gasteiger partial charge is 0.0447 e. The van der Waals surface area contributed by atoms with Crippen molar-refractivity contribution < 1.29 is 0 Å². The molecule has 1 heterocycles. The topological polar surface area (TPSA) is 36.4 Å². The van der Waals surface area contributed by atoms with E-state index in [4.69, 9.17) is 0 Å². The summed E-state index contributed by atoms with van der Waals surface area (Å²) in [7, 11) is 0. The Kier molecular flexibility index (Phi) is 8.24. The molecule has 0 saturated carbocycles. The zero-order valence-corrected chi connectivity index (χ0v) is 9.64. The number of nitrogens with zero attached hydrogens (tertiary/aromatic N) is 1. The summed E-state index contributed by atoms with van der Waals surface area (Å²) in [5.41, 5.74) is 1.08. The van der Waals surface area contributed by atoms with Crippen LogP contribution < -0.4 is 10.6 Å². The van der Waals surface area contributed by atoms with Crippen LogP contribution in [0, 0.1) is 0 Å². The van der Waals surface area contributed by atoms with Crippen molar-refractivity contribution in [2.45, 2.75) is 39.7 Å². The lowest BCUT2D eigenvalue weighted by atomic mass is 10.2. The lowest BCUT2D eigenvalue weighted by Gasteiger charge is -2.11. The van der Waals surface area contributed by atoms with Crippen LogP contribution in [0.1, 0.15) is 33.6 Å². The van der Waals surface area contributed by atoms with Gasteiger partial charge in [-0.3, -0.25) is 4.99 Å². The van der Waals surface area contributed by atoms with Gasteiger partial charge in [0.1, 0.15) is 0 Å². The molecule has 1 saturated heterocycles. The van der Waals surface area contributed by atoms with Crippen LogP contribution >= 0.6 is 0 Å². The van der Waals surface area contributed by atoms with E-state index in [0.29, 0.717) is 6.04 Å². The molecule has 0 spiro atoms. The molecule has 0 aromatic carbocycles. The second-order valence-corrected chi connectivity index (χ2v) is 3.17. The summed E-state index contributed by atoms with van der Waals surface area (Å²) < 4.78 is 0. The van der Waals surface area contributed by atoms with E-state index < -0.39 is 0 Å². The van der Waals surface area contributed by atoms with Crippen LogP contribution in [0.4, 0.5) is 0 Å². The minimum atomic E-state index is 0.637. The Morgan fingerprint density at radius 3 is 2.86 bits per heavy atom. The van der Waals surface area contributed by atoms with Crippen LogP contribution in [0.3, 0.4) is 0 Å². The maximum absolute atomic E-state index is 3.69. The molecule has 0 radical (unpaired) electrons. The lowest BCUT2D eigenvalue weighted by molar-refractivity contribution is 0.568. The summed E-state index contributed by atoms with van der Waals surface area (Å²) in [4.78, 5) is 3.69. The number of hydrogen-bond acceptors (Lipinski definition) is 3. The van der Waals surface area contributed by atoms with E-state index in [1.807, 2.05) is 20.8 Å². The van der Waals surface area contributed by atoms with Crippen molar-refractivity contribution in [3.05, 3.63) is 11.9 Å². The number of rotatable bonds is 4. The second kappa shape index (κ2) is 8.75. The Morgan fingerprint density at radius 2 is 2.36 bits per heavy atom. The Hall–Kier alpha value is -0.830. The average Bonchev–Trinajstić information content (AvgIpc) is 2.71. The fraction of sp³-hybridized carbons (Fsp3) is 0.727. The first-order chi connectivity index (χ1) is 6.83. The summed E-state index contributed by atoms with van der Waals surface area (Å²) in [6, 6.07) is 0.637. The van der Waals surface area contributed by atoms with Crippen LogP contribution in [0.2, 0.25) is 0 Å². The molecule has 1 aliphatic rings. The van der Waals surface area contributed by atoms with Gasteiger partial charge in [-0.2, -0.15) is 0 Å². The van der Waals surface area contributed by atoms with E-state index in [9.17, 15) is 0 Å². The molecule has 14 heavy (non-hydrogen) atoms. The number of allylic oxidation sites excluding steroid dienone is 1. The van der Waals surface area contributed by atoms with Gasteiger partial charge in [-0.15, -0.1) is 0 Å². The maximum atomic E-state index is 3.69. The summed E-state index contributed by atoms with van der Waals surface area (Å²) in [6.07, 6.45) is 4.32. The molecule has 1 fully saturated rings. The summed E-state index contributed by atoms with van der Waals surface area (Å²) in [6.45, 7) is 11.6. The number of aliphatic imine (C=N–C) groups is 1. The fourth-order valence-electron chi connectivity index (χ4n) is 1.40. The third-order valence-electron chi connectivity index (χ3n) is 2.07. The normalized spacial score (nSPS) is 21.1. The van der Waals surface area contributed by atoms with E-state index in [-0.39, 0.29) is 0 Å². The average molecular weight is 197 g/mol. The summed E-state index contributed by atoms with van der Waals surface area (Å²) >= 11 is 0. The van der Waals surface area contributed by atoms with Crippen molar-refractivity contribution in [1.29, 1.82) is 0 Å². The summed E-state index contributed by atoms with van der Waals surface area (Å²) in [5, 5.41) is 6.71. The monoisotopic (exact) mass is 197 g/mol. The van der Waals surface area contributed by atoms with Gasteiger partial charge >= 0.3 is 0 Å². The van der Waals surface area contributed by atoms with Gasteiger partial charge in [-0.1, -0.05) is 13.8 Å². The predicted molar refractivity (Wildman–Crippen MR) is 63.7 cm³/mol. The third kappa shape index (κ3) is 5.75. The van der Waals surface area contributed by atoms with Crippen LogP contribution in [0.5, 0.6) is 0 Å². The van der Waals surface area contributed by atoms with Crippen molar-refractivity contribution in [1.82, 2.24) is 10.6 Å². The highest BCUT2D eigenvalue weighted by Crippen LogP contribution is 2.03. The lowest BCUT2D eigenvalue weighted by Crippen LogP contribution is -2.32. The molecule has 0 bridgehead atoms. The van der Waals surface area contributed by atoms with Gasteiger partial charge in [0.25, 0.3) is 0 Å². The second-order valence-electron chi connectivity index (χ2n) is 3.17. The van der Waals surface area contributed by atoms with E-state index in [2.05, 4.69) is 22.3 Å². The maximum Gasteiger partial charge on any atom is 0.0447 e. The van der Waals surface area contributed by atoms with Crippen LogP contribution in [0.25, 0.3) is 0 Å². The van der Waals surface area contributed by atoms with Crippen molar-refractivity contribution in [3.8, 4) is 0 Å². The Labute approximate surface area is 87.7 Å². The molecule has 0 aromatic heterocycles. The first-order valence-electron chi connectivity index (χ1n) is 5.43. The van der Waals surface area contributed by atoms with Crippen LogP contribution in [-0.2, 0) is 0 Å². The van der Waals surface area contributed by atoms with E-state index in [1.54, 1.807) is 6.20 Å². The molecule has 1 aliphatic heterocycles. The van der Waals surface area contributed by atoms with Crippen LogP contribution in [-0.4, -0.2) is 25.8 Å². The van der Waals surface area contributed by atoms with Gasteiger partial charge < -0.3 is 10.6 Å². The molecule has 3 nitrogen and oxygen atoms in total. The first kappa shape index (κ1) is 13.2. The number of hydrogen-bond donors (Lipinski definition) is 2. The molecular formula is C11H23N3. The number of nitrogens with one attached hydrogen (secondary N) is 2. The van der Waals surface area contributed by atoms with Crippen molar-refractivity contribution in [3.63, 3.8) is 0 Å². The fourth-order valence-corrected chi connectivity index (χ4v) is 1.40. The van der Waals surface area contributed by atoms with Crippen molar-refractivity contribution in [2.24, 2.45) is 4.99 Å². The Balaban J connectivity index is 0.000000791. The van der Waals surface area contributed by atoms with Gasteiger partial charge in [0.15, 0.2) is 0 Å². The van der Waals surface area contributed by atoms with Gasteiger partial charge in [0.2, 0.25) is 0 Å². The van der Waals surface area contributed by atoms with Gasteiger partial charge in [-0.25, -0.2) is 0 Å². The van der Waals surface area contributed by atoms with E-state index in [1.165, 1.54) is 12.8 Å². The first-order valence-corrected chi connectivity index (χ1v) is 5.43. The minimum Gasteiger partial charge on any atom is -0.386 e. The summed E-state index contributed by atoms with van der Waals surface area (Å²) in [5.74, 6) is 0. The third-order valence-corrected chi connectivity index (χ3v) is 2.07. The molecule has 3 heteroatoms. The molecule has 1 rings (SSSR count). The highest BCUT2D eigenvalue weighted by atomic mass is 15.0. The van der Waals surface area contributed by atoms with E-state index in [0.717, 1.165) is 18.8 Å². The SMILES string of the molecule is C=N/C=C(/C)NCC1CCCN1.CC. The predicted octanol–water partition coefficient (Wildman–Crippen LogP) is 1.92. The van der Waals surface area contributed by atoms with Crippen molar-refractivity contribution >= 4 is 6.72 Å². The Morgan fingerprint density at radius 1 is 1.64 bits per heavy atom. The molecule has 2 N–H and O–H groups in total. The molecule has 1 atom stereocenters. The largest absolute Gasteiger partial charge is 0.386 e. The molecule has 1 unspecified atom stereocenters. The molecule has 0 aliphatic carbocycles.